The van der Waals surface area contributed by atoms with Crippen molar-refractivity contribution >= 4 is 5.69 Å². The zero-order chi connectivity index (χ0) is 12.7. The Morgan fingerprint density at radius 1 is 1.41 bits per heavy atom. The van der Waals surface area contributed by atoms with Crippen LogP contribution in [-0.4, -0.2) is 26.2 Å². The molecule has 0 fully saturated rings. The van der Waals surface area contributed by atoms with Gasteiger partial charge in [0.25, 0.3) is 0 Å². The quantitative estimate of drug-likeness (QED) is 0.785. The van der Waals surface area contributed by atoms with Gasteiger partial charge in [-0.15, -0.1) is 0 Å². The van der Waals surface area contributed by atoms with Crippen LogP contribution in [0.2, 0.25) is 0 Å². The van der Waals surface area contributed by atoms with Gasteiger partial charge in [0.2, 0.25) is 0 Å². The molecule has 0 saturated carbocycles. The van der Waals surface area contributed by atoms with Gasteiger partial charge in [0.05, 0.1) is 0 Å². The average molecular weight is 238 g/mol. The fourth-order valence-electron chi connectivity index (χ4n) is 1.88. The van der Waals surface area contributed by atoms with E-state index in [1.54, 1.807) is 12.1 Å². The first-order chi connectivity index (χ1) is 8.17. The minimum absolute atomic E-state index is 0.162. The first-order valence-electron chi connectivity index (χ1n) is 6.35. The third-order valence-electron chi connectivity index (χ3n) is 3.11. The largest absolute Gasteiger partial charge is 0.372 e. The molecule has 1 atom stereocenters. The van der Waals surface area contributed by atoms with Crippen LogP contribution in [0.4, 0.5) is 10.1 Å². The fraction of sp³-hybridized carbons (Fsp3) is 0.571. The molecule has 0 aliphatic heterocycles. The molecule has 3 heteroatoms. The zero-order valence-corrected chi connectivity index (χ0v) is 11.0. The maximum Gasteiger partial charge on any atom is 0.125 e. The van der Waals surface area contributed by atoms with Crippen LogP contribution in [0.15, 0.2) is 24.3 Å². The van der Waals surface area contributed by atoms with Crippen LogP contribution in [-0.2, 0) is 0 Å². The second-order valence-electron chi connectivity index (χ2n) is 4.39. The third-order valence-corrected chi connectivity index (χ3v) is 3.11. The number of halogens is 1. The Bertz CT molecular complexity index is 328. The van der Waals surface area contributed by atoms with Gasteiger partial charge in [0.15, 0.2) is 0 Å². The van der Waals surface area contributed by atoms with Gasteiger partial charge in [0.1, 0.15) is 5.82 Å². The van der Waals surface area contributed by atoms with E-state index in [1.807, 2.05) is 13.1 Å². The number of hydrogen-bond acceptors (Lipinski definition) is 2. The third kappa shape index (κ3) is 4.73. The van der Waals surface area contributed by atoms with Gasteiger partial charge in [-0.1, -0.05) is 6.07 Å². The normalized spacial score (nSPS) is 12.5. The summed E-state index contributed by atoms with van der Waals surface area (Å²) in [4.78, 5) is 2.21. The van der Waals surface area contributed by atoms with Crippen molar-refractivity contribution < 1.29 is 4.39 Å². The Hall–Kier alpha value is -1.09. The van der Waals surface area contributed by atoms with E-state index in [4.69, 9.17) is 0 Å². The molecule has 0 amide bonds. The summed E-state index contributed by atoms with van der Waals surface area (Å²) in [5.74, 6) is -0.162. The topological polar surface area (TPSA) is 15.3 Å². The highest BCUT2D eigenvalue weighted by atomic mass is 19.1. The lowest BCUT2D eigenvalue weighted by Gasteiger charge is -2.23. The summed E-state index contributed by atoms with van der Waals surface area (Å²) >= 11 is 0. The van der Waals surface area contributed by atoms with Gasteiger partial charge in [-0.25, -0.2) is 4.39 Å². The van der Waals surface area contributed by atoms with Crippen molar-refractivity contribution in [2.24, 2.45) is 0 Å². The van der Waals surface area contributed by atoms with Crippen LogP contribution in [0, 0.1) is 5.82 Å². The second kappa shape index (κ2) is 7.28. The minimum atomic E-state index is -0.162. The van der Waals surface area contributed by atoms with Crippen molar-refractivity contribution in [3.05, 3.63) is 30.1 Å². The number of rotatable bonds is 7. The average Bonchev–Trinajstić information content (AvgIpc) is 2.34. The predicted octanol–water partition coefficient (Wildman–Crippen LogP) is 3.04. The summed E-state index contributed by atoms with van der Waals surface area (Å²) in [6.45, 7) is 6.17. The lowest BCUT2D eigenvalue weighted by molar-refractivity contribution is 0.538. The van der Waals surface area contributed by atoms with Crippen LogP contribution in [0.25, 0.3) is 0 Å². The van der Waals surface area contributed by atoms with Crippen LogP contribution in [0.1, 0.15) is 26.7 Å². The molecule has 0 aliphatic carbocycles. The molecule has 0 heterocycles. The minimum Gasteiger partial charge on any atom is -0.372 e. The Morgan fingerprint density at radius 2 is 2.18 bits per heavy atom. The van der Waals surface area contributed by atoms with Gasteiger partial charge < -0.3 is 10.2 Å². The van der Waals surface area contributed by atoms with Crippen LogP contribution < -0.4 is 10.2 Å². The van der Waals surface area contributed by atoms with Gasteiger partial charge in [-0.05, 0) is 51.9 Å². The number of hydrogen-bond donors (Lipinski definition) is 1. The van der Waals surface area contributed by atoms with Crippen molar-refractivity contribution in [1.82, 2.24) is 5.32 Å². The molecule has 0 spiro atoms. The first kappa shape index (κ1) is 14.0. The van der Waals surface area contributed by atoms with Crippen LogP contribution in [0.5, 0.6) is 0 Å². The molecule has 1 N–H and O–H groups in total. The van der Waals surface area contributed by atoms with Gasteiger partial charge >= 0.3 is 0 Å². The summed E-state index contributed by atoms with van der Waals surface area (Å²) in [5, 5.41) is 3.23. The van der Waals surface area contributed by atoms with E-state index in [2.05, 4.69) is 24.1 Å². The first-order valence-corrected chi connectivity index (χ1v) is 6.35. The van der Waals surface area contributed by atoms with Crippen LogP contribution >= 0.6 is 0 Å². The van der Waals surface area contributed by atoms with E-state index < -0.39 is 0 Å². The molecule has 2 nitrogen and oxygen atoms in total. The Morgan fingerprint density at radius 3 is 2.76 bits per heavy atom. The number of anilines is 1. The summed E-state index contributed by atoms with van der Waals surface area (Å²) in [6, 6.07) is 7.37. The molecule has 0 radical (unpaired) electrons. The molecule has 0 bridgehead atoms. The molecular formula is C14H23FN2. The summed E-state index contributed by atoms with van der Waals surface area (Å²) < 4.78 is 13.1. The summed E-state index contributed by atoms with van der Waals surface area (Å²) in [6.07, 6.45) is 2.26. The number of benzene rings is 1. The van der Waals surface area contributed by atoms with Gasteiger partial charge in [-0.3, -0.25) is 0 Å². The highest BCUT2D eigenvalue weighted by molar-refractivity contribution is 5.46. The number of nitrogens with one attached hydrogen (secondary N) is 1. The predicted molar refractivity (Wildman–Crippen MR) is 72.0 cm³/mol. The highest BCUT2D eigenvalue weighted by Gasteiger charge is 2.06. The number of nitrogens with zero attached hydrogens (tertiary/aromatic N) is 1. The molecule has 0 aliphatic rings. The molecule has 1 aromatic rings. The highest BCUT2D eigenvalue weighted by Crippen LogP contribution is 2.16. The molecule has 17 heavy (non-hydrogen) atoms. The molecule has 96 valence electrons. The molecule has 1 rings (SSSR count). The van der Waals surface area contributed by atoms with Crippen molar-refractivity contribution in [3.63, 3.8) is 0 Å². The zero-order valence-electron chi connectivity index (χ0n) is 11.0. The van der Waals surface area contributed by atoms with E-state index in [0.29, 0.717) is 6.04 Å². The Balaban J connectivity index is 2.48. The maximum atomic E-state index is 13.1. The molecule has 1 aromatic carbocycles. The van der Waals surface area contributed by atoms with Crippen molar-refractivity contribution in [3.8, 4) is 0 Å². The van der Waals surface area contributed by atoms with E-state index >= 15 is 0 Å². The maximum absolute atomic E-state index is 13.1. The standard InChI is InChI=1S/C14H23FN2/c1-4-17(10-6-7-12(2)16-3)14-9-5-8-13(15)11-14/h5,8-9,11-12,16H,4,6-7,10H2,1-3H3. The summed E-state index contributed by atoms with van der Waals surface area (Å²) in [7, 11) is 1.98. The van der Waals surface area contributed by atoms with E-state index in [1.165, 1.54) is 6.07 Å². The lowest BCUT2D eigenvalue weighted by Crippen LogP contribution is -2.27. The molecule has 0 aromatic heterocycles. The van der Waals surface area contributed by atoms with Crippen LogP contribution in [0.3, 0.4) is 0 Å². The fourth-order valence-corrected chi connectivity index (χ4v) is 1.88. The van der Waals surface area contributed by atoms with E-state index in [0.717, 1.165) is 31.6 Å². The SMILES string of the molecule is CCN(CCCC(C)NC)c1cccc(F)c1. The van der Waals surface area contributed by atoms with Crippen molar-refractivity contribution in [1.29, 1.82) is 0 Å². The monoisotopic (exact) mass is 238 g/mol. The van der Waals surface area contributed by atoms with Crippen molar-refractivity contribution in [2.45, 2.75) is 32.7 Å². The molecular weight excluding hydrogens is 215 g/mol. The second-order valence-corrected chi connectivity index (χ2v) is 4.39. The molecule has 0 saturated heterocycles. The van der Waals surface area contributed by atoms with E-state index in [-0.39, 0.29) is 5.82 Å². The molecule has 1 unspecified atom stereocenters. The van der Waals surface area contributed by atoms with Crippen molar-refractivity contribution in [2.75, 3.05) is 25.0 Å². The van der Waals surface area contributed by atoms with Gasteiger partial charge in [0, 0.05) is 24.8 Å². The Labute approximate surface area is 104 Å². The van der Waals surface area contributed by atoms with Gasteiger partial charge in [-0.2, -0.15) is 0 Å². The summed E-state index contributed by atoms with van der Waals surface area (Å²) in [5.41, 5.74) is 0.976. The van der Waals surface area contributed by atoms with E-state index in [9.17, 15) is 4.39 Å². The smallest absolute Gasteiger partial charge is 0.125 e. The lowest BCUT2D eigenvalue weighted by atomic mass is 10.1. The Kier molecular flexibility index (Phi) is 5.98.